The second-order valence-corrected chi connectivity index (χ2v) is 7.62. The third kappa shape index (κ3) is 3.43. The van der Waals surface area contributed by atoms with Crippen LogP contribution in [0.5, 0.6) is 5.75 Å². The summed E-state index contributed by atoms with van der Waals surface area (Å²) in [5.41, 5.74) is 6.57. The highest BCUT2D eigenvalue weighted by Crippen LogP contribution is 2.37. The van der Waals surface area contributed by atoms with Gasteiger partial charge in [0.05, 0.1) is 12.2 Å². The number of hydrogen-bond donors (Lipinski definition) is 1. The van der Waals surface area contributed by atoms with Gasteiger partial charge in [0.2, 0.25) is 11.8 Å². The van der Waals surface area contributed by atoms with Crippen LogP contribution in [0.4, 0.5) is 11.4 Å². The number of para-hydroxylation sites is 2. The molecule has 3 aromatic carbocycles. The van der Waals surface area contributed by atoms with Crippen molar-refractivity contribution in [2.24, 2.45) is 0 Å². The number of anilines is 2. The van der Waals surface area contributed by atoms with E-state index in [1.54, 1.807) is 4.90 Å². The summed E-state index contributed by atoms with van der Waals surface area (Å²) in [5, 5.41) is 2.94. The maximum atomic E-state index is 12.7. The summed E-state index contributed by atoms with van der Waals surface area (Å²) in [5.74, 6) is 0.492. The first-order valence-electron chi connectivity index (χ1n) is 10.2. The highest BCUT2D eigenvalue weighted by molar-refractivity contribution is 5.99. The first-order chi connectivity index (χ1) is 14.7. The fourth-order valence-corrected chi connectivity index (χ4v) is 4.23. The molecular formula is C25H22N2O3. The Hall–Kier alpha value is -3.60. The SMILES string of the molecule is O=C(CCC(=O)N1CCOc2ccccc21)Nc1ccc2c(c1)Cc1ccccc1-2. The van der Waals surface area contributed by atoms with Gasteiger partial charge in [-0.25, -0.2) is 0 Å². The van der Waals surface area contributed by atoms with Crippen LogP contribution in [-0.4, -0.2) is 25.0 Å². The standard InChI is InChI=1S/C25H22N2O3/c28-24(11-12-25(29)27-13-14-30-23-8-4-3-7-22(23)27)26-19-9-10-21-18(16-19)15-17-5-1-2-6-20(17)21/h1-10,16H,11-15H2,(H,26,28). The van der Waals surface area contributed by atoms with Gasteiger partial charge in [-0.05, 0) is 52.9 Å². The number of carbonyl (C=O) groups is 2. The Morgan fingerprint density at radius 2 is 1.70 bits per heavy atom. The molecule has 0 saturated heterocycles. The Morgan fingerprint density at radius 1 is 0.900 bits per heavy atom. The molecule has 5 heteroatoms. The molecule has 1 aliphatic heterocycles. The lowest BCUT2D eigenvalue weighted by atomic mass is 10.1. The minimum absolute atomic E-state index is 0.0645. The summed E-state index contributed by atoms with van der Waals surface area (Å²) in [4.78, 5) is 26.9. The summed E-state index contributed by atoms with van der Waals surface area (Å²) in [6, 6.07) is 21.9. The van der Waals surface area contributed by atoms with Crippen LogP contribution in [0.15, 0.2) is 66.7 Å². The molecule has 3 aromatic rings. The van der Waals surface area contributed by atoms with Gasteiger partial charge >= 0.3 is 0 Å². The molecule has 2 aliphatic rings. The average Bonchev–Trinajstić information content (AvgIpc) is 3.15. The number of hydrogen-bond acceptors (Lipinski definition) is 3. The van der Waals surface area contributed by atoms with Gasteiger partial charge in [-0.3, -0.25) is 9.59 Å². The second kappa shape index (κ2) is 7.67. The summed E-state index contributed by atoms with van der Waals surface area (Å²) < 4.78 is 5.60. The van der Waals surface area contributed by atoms with Gasteiger partial charge in [-0.15, -0.1) is 0 Å². The molecule has 0 aromatic heterocycles. The van der Waals surface area contributed by atoms with Crippen LogP contribution < -0.4 is 15.0 Å². The molecule has 0 fully saturated rings. The largest absolute Gasteiger partial charge is 0.490 e. The molecule has 0 unspecified atom stereocenters. The van der Waals surface area contributed by atoms with Crippen molar-refractivity contribution in [1.29, 1.82) is 0 Å². The Morgan fingerprint density at radius 3 is 2.63 bits per heavy atom. The third-order valence-electron chi connectivity index (χ3n) is 5.67. The van der Waals surface area contributed by atoms with E-state index < -0.39 is 0 Å². The molecule has 1 heterocycles. The molecule has 2 amide bonds. The van der Waals surface area contributed by atoms with Crippen molar-refractivity contribution in [3.8, 4) is 16.9 Å². The van der Waals surface area contributed by atoms with Crippen LogP contribution in [0.2, 0.25) is 0 Å². The van der Waals surface area contributed by atoms with Crippen molar-refractivity contribution in [3.05, 3.63) is 77.9 Å². The van der Waals surface area contributed by atoms with Crippen LogP contribution in [0, 0.1) is 0 Å². The minimum Gasteiger partial charge on any atom is -0.490 e. The van der Waals surface area contributed by atoms with Gasteiger partial charge in [0.15, 0.2) is 0 Å². The van der Waals surface area contributed by atoms with E-state index in [2.05, 4.69) is 29.6 Å². The summed E-state index contributed by atoms with van der Waals surface area (Å²) in [6.45, 7) is 0.968. The van der Waals surface area contributed by atoms with E-state index in [0.717, 1.165) is 17.8 Å². The molecule has 0 bridgehead atoms. The Kier molecular flexibility index (Phi) is 4.71. The zero-order valence-corrected chi connectivity index (χ0v) is 16.6. The topological polar surface area (TPSA) is 58.6 Å². The van der Waals surface area contributed by atoms with E-state index in [-0.39, 0.29) is 24.7 Å². The zero-order chi connectivity index (χ0) is 20.5. The smallest absolute Gasteiger partial charge is 0.227 e. The zero-order valence-electron chi connectivity index (χ0n) is 16.6. The number of carbonyl (C=O) groups excluding carboxylic acids is 2. The van der Waals surface area contributed by atoms with Crippen molar-refractivity contribution in [2.75, 3.05) is 23.4 Å². The molecular weight excluding hydrogens is 376 g/mol. The van der Waals surface area contributed by atoms with Crippen molar-refractivity contribution >= 4 is 23.2 Å². The van der Waals surface area contributed by atoms with Gasteiger partial charge < -0.3 is 15.0 Å². The number of nitrogens with one attached hydrogen (secondary N) is 1. The van der Waals surface area contributed by atoms with E-state index >= 15 is 0 Å². The van der Waals surface area contributed by atoms with Crippen LogP contribution in [0.3, 0.4) is 0 Å². The van der Waals surface area contributed by atoms with Gasteiger partial charge in [0, 0.05) is 18.5 Å². The number of rotatable bonds is 4. The van der Waals surface area contributed by atoms with Gasteiger partial charge in [-0.2, -0.15) is 0 Å². The number of benzene rings is 3. The molecule has 30 heavy (non-hydrogen) atoms. The van der Waals surface area contributed by atoms with Crippen LogP contribution in [-0.2, 0) is 16.0 Å². The van der Waals surface area contributed by atoms with Crippen molar-refractivity contribution in [2.45, 2.75) is 19.3 Å². The lowest BCUT2D eigenvalue weighted by Crippen LogP contribution is -2.38. The first-order valence-corrected chi connectivity index (χ1v) is 10.2. The predicted molar refractivity (Wildman–Crippen MR) is 117 cm³/mol. The van der Waals surface area contributed by atoms with E-state index in [4.69, 9.17) is 4.74 Å². The third-order valence-corrected chi connectivity index (χ3v) is 5.67. The number of fused-ring (bicyclic) bond motifs is 4. The maximum absolute atomic E-state index is 12.7. The summed E-state index contributed by atoms with van der Waals surface area (Å²) >= 11 is 0. The lowest BCUT2D eigenvalue weighted by Gasteiger charge is -2.29. The lowest BCUT2D eigenvalue weighted by molar-refractivity contribution is -0.122. The van der Waals surface area contributed by atoms with E-state index in [9.17, 15) is 9.59 Å². The Balaban J connectivity index is 1.21. The number of amides is 2. The van der Waals surface area contributed by atoms with E-state index in [1.165, 1.54) is 22.3 Å². The molecule has 0 radical (unpaired) electrons. The second-order valence-electron chi connectivity index (χ2n) is 7.62. The molecule has 0 atom stereocenters. The highest BCUT2D eigenvalue weighted by Gasteiger charge is 2.24. The fraction of sp³-hybridized carbons (Fsp3) is 0.200. The van der Waals surface area contributed by atoms with Crippen molar-refractivity contribution in [1.82, 2.24) is 0 Å². The van der Waals surface area contributed by atoms with Gasteiger partial charge in [-0.1, -0.05) is 42.5 Å². The molecule has 0 spiro atoms. The minimum atomic E-state index is -0.152. The van der Waals surface area contributed by atoms with Gasteiger partial charge in [0.25, 0.3) is 0 Å². The maximum Gasteiger partial charge on any atom is 0.227 e. The van der Waals surface area contributed by atoms with Crippen LogP contribution >= 0.6 is 0 Å². The molecule has 5 nitrogen and oxygen atoms in total. The molecule has 1 N–H and O–H groups in total. The predicted octanol–water partition coefficient (Wildman–Crippen LogP) is 4.40. The normalized spacial score (nSPS) is 13.7. The Bertz CT molecular complexity index is 1140. The first kappa shape index (κ1) is 18.4. The van der Waals surface area contributed by atoms with E-state index in [1.807, 2.05) is 42.5 Å². The molecule has 1 aliphatic carbocycles. The molecule has 0 saturated carbocycles. The number of ether oxygens (including phenoxy) is 1. The average molecular weight is 398 g/mol. The summed E-state index contributed by atoms with van der Waals surface area (Å²) in [7, 11) is 0. The monoisotopic (exact) mass is 398 g/mol. The van der Waals surface area contributed by atoms with Gasteiger partial charge in [0.1, 0.15) is 12.4 Å². The fourth-order valence-electron chi connectivity index (χ4n) is 4.23. The highest BCUT2D eigenvalue weighted by atomic mass is 16.5. The molecule has 150 valence electrons. The summed E-state index contributed by atoms with van der Waals surface area (Å²) in [6.07, 6.45) is 1.19. The molecule has 5 rings (SSSR count). The van der Waals surface area contributed by atoms with Crippen LogP contribution in [0.25, 0.3) is 11.1 Å². The van der Waals surface area contributed by atoms with E-state index in [0.29, 0.717) is 18.9 Å². The van der Waals surface area contributed by atoms with Crippen molar-refractivity contribution < 1.29 is 14.3 Å². The van der Waals surface area contributed by atoms with Crippen LogP contribution in [0.1, 0.15) is 24.0 Å². The Labute approximate surface area is 175 Å². The number of nitrogens with zero attached hydrogens (tertiary/aromatic N) is 1. The quantitative estimate of drug-likeness (QED) is 0.554. The van der Waals surface area contributed by atoms with Crippen molar-refractivity contribution in [3.63, 3.8) is 0 Å².